The molecule has 1 N–H and O–H groups in total. The molecule has 0 aliphatic carbocycles. The minimum Gasteiger partial charge on any atom is -0.271 e. The summed E-state index contributed by atoms with van der Waals surface area (Å²) in [6.45, 7) is 3.04. The average molecular weight is 418 g/mol. The number of hydrogen-bond acceptors (Lipinski definition) is 6. The molecule has 0 bridgehead atoms. The van der Waals surface area contributed by atoms with Gasteiger partial charge in [0.2, 0.25) is 10.0 Å². The summed E-state index contributed by atoms with van der Waals surface area (Å²) in [6.07, 6.45) is 1.64. The maximum absolute atomic E-state index is 12.4. The van der Waals surface area contributed by atoms with Crippen LogP contribution in [0.3, 0.4) is 0 Å². The molecule has 0 aliphatic rings. The largest absolute Gasteiger partial charge is 0.271 e. The third-order valence-corrected chi connectivity index (χ3v) is 5.28. The first-order valence-electron chi connectivity index (χ1n) is 8.77. The van der Waals surface area contributed by atoms with Gasteiger partial charge in [-0.1, -0.05) is 37.3 Å². The van der Waals surface area contributed by atoms with E-state index < -0.39 is 27.4 Å². The number of hydrazone groups is 1. The van der Waals surface area contributed by atoms with E-state index in [0.717, 1.165) is 16.1 Å². The molecule has 0 heterocycles. The number of aryl methyl sites for hydroxylation is 1. The summed E-state index contributed by atoms with van der Waals surface area (Å²) in [7, 11) is -3.70. The first kappa shape index (κ1) is 22.0. The van der Waals surface area contributed by atoms with Crippen molar-refractivity contribution < 1.29 is 18.1 Å². The van der Waals surface area contributed by atoms with E-state index in [2.05, 4.69) is 10.5 Å². The number of sulfonamides is 1. The van der Waals surface area contributed by atoms with Gasteiger partial charge >= 0.3 is 0 Å². The molecule has 2 rings (SSSR count). The molecule has 2 aromatic carbocycles. The van der Waals surface area contributed by atoms with Crippen molar-refractivity contribution in [3.63, 3.8) is 0 Å². The Balaban J connectivity index is 2.20. The molecule has 0 aromatic heterocycles. The molecule has 10 heteroatoms. The summed E-state index contributed by atoms with van der Waals surface area (Å²) < 4.78 is 25.5. The van der Waals surface area contributed by atoms with Gasteiger partial charge in [-0.25, -0.2) is 13.8 Å². The van der Waals surface area contributed by atoms with Crippen LogP contribution in [0.1, 0.15) is 25.0 Å². The summed E-state index contributed by atoms with van der Waals surface area (Å²) in [4.78, 5) is 22.7. The number of nitrogens with zero attached hydrogens (tertiary/aromatic N) is 3. The van der Waals surface area contributed by atoms with E-state index in [1.807, 2.05) is 6.92 Å². The van der Waals surface area contributed by atoms with Gasteiger partial charge in [-0.3, -0.25) is 19.2 Å². The molecule has 0 saturated carbocycles. The molecule has 0 saturated heterocycles. The number of nitro benzene ring substituents is 1. The van der Waals surface area contributed by atoms with Crippen molar-refractivity contribution in [3.05, 3.63) is 69.8 Å². The van der Waals surface area contributed by atoms with Crippen molar-refractivity contribution in [2.75, 3.05) is 17.1 Å². The molecule has 29 heavy (non-hydrogen) atoms. The number of para-hydroxylation sites is 1. The maximum Gasteiger partial charge on any atom is 0.270 e. The first-order valence-corrected chi connectivity index (χ1v) is 10.6. The van der Waals surface area contributed by atoms with E-state index in [1.165, 1.54) is 18.2 Å². The zero-order valence-corrected chi connectivity index (χ0v) is 17.1. The van der Waals surface area contributed by atoms with Crippen molar-refractivity contribution >= 4 is 33.0 Å². The lowest BCUT2D eigenvalue weighted by molar-refractivity contribution is -0.384. The number of hydrogen-bond donors (Lipinski definition) is 1. The van der Waals surface area contributed by atoms with Crippen molar-refractivity contribution in [1.82, 2.24) is 5.43 Å². The monoisotopic (exact) mass is 418 g/mol. The fourth-order valence-electron chi connectivity index (χ4n) is 2.66. The molecular weight excluding hydrogens is 396 g/mol. The van der Waals surface area contributed by atoms with Crippen LogP contribution < -0.4 is 9.73 Å². The highest BCUT2D eigenvalue weighted by molar-refractivity contribution is 7.92. The normalized spacial score (nSPS) is 11.8. The summed E-state index contributed by atoms with van der Waals surface area (Å²) in [5.74, 6) is -0.633. The fourth-order valence-corrected chi connectivity index (χ4v) is 3.54. The highest BCUT2D eigenvalue weighted by Gasteiger charge is 2.22. The Kier molecular flexibility index (Phi) is 7.05. The summed E-state index contributed by atoms with van der Waals surface area (Å²) >= 11 is 0. The summed E-state index contributed by atoms with van der Waals surface area (Å²) in [5.41, 5.74) is 4.27. The third-order valence-electron chi connectivity index (χ3n) is 4.15. The van der Waals surface area contributed by atoms with Crippen LogP contribution in [-0.2, 0) is 21.2 Å². The fraction of sp³-hybridized carbons (Fsp3) is 0.263. The third kappa shape index (κ3) is 5.85. The topological polar surface area (TPSA) is 122 Å². The first-order chi connectivity index (χ1) is 13.6. The molecule has 0 fully saturated rings. The number of amides is 1. The number of nitrogens with one attached hydrogen (secondary N) is 1. The summed E-state index contributed by atoms with van der Waals surface area (Å²) in [5, 5.41) is 14.8. The Bertz CT molecular complexity index is 1050. The van der Waals surface area contributed by atoms with Crippen LogP contribution in [0.5, 0.6) is 0 Å². The van der Waals surface area contributed by atoms with E-state index >= 15 is 0 Å². The SMILES string of the molecule is CCc1ccccc1N(CC(=O)N/N=C(/C)c1cccc([N+](=O)[O-])c1)S(C)(=O)=O. The number of rotatable bonds is 8. The van der Waals surface area contributed by atoms with Crippen molar-refractivity contribution in [3.8, 4) is 0 Å². The molecule has 9 nitrogen and oxygen atoms in total. The second-order valence-electron chi connectivity index (χ2n) is 6.29. The van der Waals surface area contributed by atoms with Crippen LogP contribution in [0, 0.1) is 10.1 Å². The van der Waals surface area contributed by atoms with Gasteiger partial charge in [-0.2, -0.15) is 5.10 Å². The van der Waals surface area contributed by atoms with Gasteiger partial charge < -0.3 is 0 Å². The number of nitro groups is 1. The van der Waals surface area contributed by atoms with Crippen molar-refractivity contribution in [2.45, 2.75) is 20.3 Å². The van der Waals surface area contributed by atoms with Crippen molar-refractivity contribution in [2.24, 2.45) is 5.10 Å². The molecular formula is C19H22N4O5S. The second-order valence-corrected chi connectivity index (χ2v) is 8.20. The maximum atomic E-state index is 12.4. The Labute approximate surface area is 169 Å². The van der Waals surface area contributed by atoms with Gasteiger partial charge in [-0.15, -0.1) is 0 Å². The zero-order valence-electron chi connectivity index (χ0n) is 16.3. The quantitative estimate of drug-likeness (QED) is 0.401. The van der Waals surface area contributed by atoms with Crippen LogP contribution >= 0.6 is 0 Å². The molecule has 0 radical (unpaired) electrons. The Morgan fingerprint density at radius 3 is 2.52 bits per heavy atom. The van der Waals surface area contributed by atoms with Gasteiger partial charge in [0.25, 0.3) is 11.6 Å². The highest BCUT2D eigenvalue weighted by atomic mass is 32.2. The Morgan fingerprint density at radius 2 is 1.90 bits per heavy atom. The summed E-state index contributed by atoms with van der Waals surface area (Å²) in [6, 6.07) is 12.8. The minimum absolute atomic E-state index is 0.0946. The number of benzene rings is 2. The predicted molar refractivity (Wildman–Crippen MR) is 111 cm³/mol. The predicted octanol–water partition coefficient (Wildman–Crippen LogP) is 2.46. The van der Waals surface area contributed by atoms with Gasteiger partial charge in [0, 0.05) is 17.7 Å². The average Bonchev–Trinajstić information content (AvgIpc) is 2.69. The van der Waals surface area contributed by atoms with Crippen LogP contribution in [-0.4, -0.2) is 37.8 Å². The van der Waals surface area contributed by atoms with E-state index in [-0.39, 0.29) is 5.69 Å². The highest BCUT2D eigenvalue weighted by Crippen LogP contribution is 2.23. The molecule has 0 aliphatic heterocycles. The molecule has 1 amide bonds. The smallest absolute Gasteiger partial charge is 0.270 e. The van der Waals surface area contributed by atoms with Gasteiger partial charge in [0.1, 0.15) is 6.54 Å². The molecule has 0 spiro atoms. The van der Waals surface area contributed by atoms with Gasteiger partial charge in [0.15, 0.2) is 0 Å². The Hall–Kier alpha value is -3.27. The number of carbonyl (C=O) groups excluding carboxylic acids is 1. The van der Waals surface area contributed by atoms with E-state index in [0.29, 0.717) is 23.4 Å². The molecule has 0 unspecified atom stereocenters. The van der Waals surface area contributed by atoms with Crippen LogP contribution in [0.25, 0.3) is 0 Å². The zero-order chi connectivity index (χ0) is 21.6. The lowest BCUT2D eigenvalue weighted by Crippen LogP contribution is -2.39. The van der Waals surface area contributed by atoms with Gasteiger partial charge in [0.05, 0.1) is 22.6 Å². The molecule has 2 aromatic rings. The number of non-ortho nitro benzene ring substituents is 1. The standard InChI is InChI=1S/C19H22N4O5S/c1-4-15-8-5-6-11-18(15)22(29(3,27)28)13-19(24)21-20-14(2)16-9-7-10-17(12-16)23(25)26/h5-12H,4,13H2,1-3H3,(H,21,24)/b20-14-. The van der Waals surface area contributed by atoms with Gasteiger partial charge in [-0.05, 0) is 25.0 Å². The second kappa shape index (κ2) is 9.28. The molecule has 154 valence electrons. The van der Waals surface area contributed by atoms with E-state index in [1.54, 1.807) is 37.3 Å². The van der Waals surface area contributed by atoms with Crippen LogP contribution in [0.15, 0.2) is 53.6 Å². The lowest BCUT2D eigenvalue weighted by Gasteiger charge is -2.23. The van der Waals surface area contributed by atoms with Crippen LogP contribution in [0.2, 0.25) is 0 Å². The molecule has 0 atom stereocenters. The van der Waals surface area contributed by atoms with Crippen LogP contribution in [0.4, 0.5) is 11.4 Å². The number of anilines is 1. The van der Waals surface area contributed by atoms with E-state index in [4.69, 9.17) is 0 Å². The van der Waals surface area contributed by atoms with E-state index in [9.17, 15) is 23.3 Å². The number of carbonyl (C=O) groups is 1. The minimum atomic E-state index is -3.70. The van der Waals surface area contributed by atoms with Crippen molar-refractivity contribution in [1.29, 1.82) is 0 Å². The lowest BCUT2D eigenvalue weighted by atomic mass is 10.1. The Morgan fingerprint density at radius 1 is 1.21 bits per heavy atom.